The summed E-state index contributed by atoms with van der Waals surface area (Å²) in [5.41, 5.74) is 0. The van der Waals surface area contributed by atoms with Crippen LogP contribution in [0.15, 0.2) is 48.6 Å². The average molecular weight is 855 g/mol. The summed E-state index contributed by atoms with van der Waals surface area (Å²) in [4.78, 5) is 38.0. The zero-order valence-corrected chi connectivity index (χ0v) is 40.4. The first-order chi connectivity index (χ1) is 30.0. The predicted octanol–water partition coefficient (Wildman–Crippen LogP) is 17.1. The lowest BCUT2D eigenvalue weighted by molar-refractivity contribution is -0.167. The van der Waals surface area contributed by atoms with Crippen LogP contribution in [0, 0.1) is 0 Å². The lowest BCUT2D eigenvalue weighted by Gasteiger charge is -2.18. The Hall–Kier alpha value is -2.63. The Kier molecular flexibility index (Phi) is 47.9. The quantitative estimate of drug-likeness (QED) is 0.0263. The van der Waals surface area contributed by atoms with Crippen LogP contribution in [0.1, 0.15) is 265 Å². The lowest BCUT2D eigenvalue weighted by Crippen LogP contribution is -2.30. The third-order valence-electron chi connectivity index (χ3n) is 11.3. The van der Waals surface area contributed by atoms with Crippen molar-refractivity contribution >= 4 is 17.9 Å². The van der Waals surface area contributed by atoms with E-state index in [2.05, 4.69) is 69.4 Å². The van der Waals surface area contributed by atoms with E-state index in [0.29, 0.717) is 19.3 Å². The number of esters is 3. The normalized spacial score (nSPS) is 12.4. The minimum absolute atomic E-state index is 0.0780. The molecule has 0 aromatic rings. The van der Waals surface area contributed by atoms with Gasteiger partial charge in [0, 0.05) is 19.3 Å². The molecule has 0 unspecified atom stereocenters. The highest BCUT2D eigenvalue weighted by atomic mass is 16.6. The van der Waals surface area contributed by atoms with Gasteiger partial charge in [-0.15, -0.1) is 0 Å². The zero-order valence-electron chi connectivity index (χ0n) is 40.4. The van der Waals surface area contributed by atoms with Gasteiger partial charge in [-0.2, -0.15) is 0 Å². The standard InChI is InChI=1S/C55H98O6/c1-4-7-10-13-16-19-22-25-27-30-33-36-39-42-45-48-54(57)60-51-52(50-59-53(56)47-44-41-38-35-32-29-24-21-18-15-12-9-6-3)61-55(58)49-46-43-40-37-34-31-28-26-23-20-17-14-11-8-5-2/h7,10,16,19-20,23,25,27,52H,4-6,8-9,11-15,17-18,21-22,24,26,28-51H2,1-3H3/b10-7+,19-16+,23-20+,27-25+/t52-/m1/s1. The molecule has 0 amide bonds. The van der Waals surface area contributed by atoms with Crippen molar-refractivity contribution in [1.82, 2.24) is 0 Å². The van der Waals surface area contributed by atoms with Gasteiger partial charge in [-0.1, -0.05) is 217 Å². The van der Waals surface area contributed by atoms with Crippen LogP contribution in [0.2, 0.25) is 0 Å². The van der Waals surface area contributed by atoms with Gasteiger partial charge in [0.25, 0.3) is 0 Å². The fourth-order valence-corrected chi connectivity index (χ4v) is 7.39. The summed E-state index contributed by atoms with van der Waals surface area (Å²) < 4.78 is 16.8. The van der Waals surface area contributed by atoms with Gasteiger partial charge in [0.2, 0.25) is 0 Å². The molecule has 0 spiro atoms. The molecular formula is C55H98O6. The fourth-order valence-electron chi connectivity index (χ4n) is 7.39. The number of carbonyl (C=O) groups is 3. The van der Waals surface area contributed by atoms with Crippen molar-refractivity contribution < 1.29 is 28.6 Å². The number of hydrogen-bond donors (Lipinski definition) is 0. The predicted molar refractivity (Wildman–Crippen MR) is 261 cm³/mol. The molecule has 6 heteroatoms. The van der Waals surface area contributed by atoms with Crippen LogP contribution in [0.5, 0.6) is 0 Å². The van der Waals surface area contributed by atoms with Crippen molar-refractivity contribution in [2.75, 3.05) is 13.2 Å². The summed E-state index contributed by atoms with van der Waals surface area (Å²) in [5, 5.41) is 0. The van der Waals surface area contributed by atoms with E-state index in [1.807, 2.05) is 0 Å². The van der Waals surface area contributed by atoms with Crippen molar-refractivity contribution in [3.8, 4) is 0 Å². The van der Waals surface area contributed by atoms with Gasteiger partial charge in [0.15, 0.2) is 6.10 Å². The molecule has 0 fully saturated rings. The second kappa shape index (κ2) is 50.0. The minimum atomic E-state index is -0.779. The van der Waals surface area contributed by atoms with Crippen LogP contribution in [-0.2, 0) is 28.6 Å². The van der Waals surface area contributed by atoms with E-state index >= 15 is 0 Å². The van der Waals surface area contributed by atoms with Crippen LogP contribution in [0.4, 0.5) is 0 Å². The van der Waals surface area contributed by atoms with Gasteiger partial charge >= 0.3 is 17.9 Å². The first-order valence-electron chi connectivity index (χ1n) is 26.1. The Labute approximate surface area is 378 Å². The molecule has 6 nitrogen and oxygen atoms in total. The van der Waals surface area contributed by atoms with E-state index < -0.39 is 6.10 Å². The second-order valence-electron chi connectivity index (χ2n) is 17.4. The van der Waals surface area contributed by atoms with Crippen LogP contribution in [0.3, 0.4) is 0 Å². The molecule has 0 rings (SSSR count). The minimum Gasteiger partial charge on any atom is -0.462 e. The Morgan fingerprint density at radius 1 is 0.344 bits per heavy atom. The number of allylic oxidation sites excluding steroid dienone is 8. The fraction of sp³-hybridized carbons (Fsp3) is 0.800. The van der Waals surface area contributed by atoms with Crippen LogP contribution >= 0.6 is 0 Å². The molecule has 61 heavy (non-hydrogen) atoms. The van der Waals surface area contributed by atoms with Crippen molar-refractivity contribution in [2.45, 2.75) is 271 Å². The molecule has 0 heterocycles. The number of ether oxygens (including phenoxy) is 3. The average Bonchev–Trinajstić information content (AvgIpc) is 3.26. The molecular weight excluding hydrogens is 757 g/mol. The summed E-state index contributed by atoms with van der Waals surface area (Å²) in [6.45, 7) is 6.51. The Morgan fingerprint density at radius 2 is 0.639 bits per heavy atom. The van der Waals surface area contributed by atoms with Crippen molar-refractivity contribution in [3.05, 3.63) is 48.6 Å². The molecule has 0 aliphatic rings. The summed E-state index contributed by atoms with van der Waals surface area (Å²) in [6.07, 6.45) is 59.4. The van der Waals surface area contributed by atoms with Gasteiger partial charge in [-0.05, 0) is 77.0 Å². The number of rotatable bonds is 47. The third-order valence-corrected chi connectivity index (χ3v) is 11.3. The topological polar surface area (TPSA) is 78.9 Å². The van der Waals surface area contributed by atoms with Gasteiger partial charge in [-0.25, -0.2) is 0 Å². The number of unbranched alkanes of at least 4 members (excludes halogenated alkanes) is 28. The molecule has 1 atom stereocenters. The first-order valence-corrected chi connectivity index (χ1v) is 26.1. The number of hydrogen-bond acceptors (Lipinski definition) is 6. The van der Waals surface area contributed by atoms with Crippen LogP contribution < -0.4 is 0 Å². The first kappa shape index (κ1) is 58.4. The summed E-state index contributed by atoms with van der Waals surface area (Å²) in [7, 11) is 0. The van der Waals surface area contributed by atoms with E-state index in [4.69, 9.17) is 14.2 Å². The van der Waals surface area contributed by atoms with E-state index in [1.165, 1.54) is 128 Å². The monoisotopic (exact) mass is 855 g/mol. The van der Waals surface area contributed by atoms with E-state index in [-0.39, 0.29) is 31.1 Å². The third kappa shape index (κ3) is 48.3. The zero-order chi connectivity index (χ0) is 44.4. The highest BCUT2D eigenvalue weighted by Crippen LogP contribution is 2.15. The Bertz CT molecular complexity index is 1070. The summed E-state index contributed by atoms with van der Waals surface area (Å²) in [5.74, 6) is -0.892. The van der Waals surface area contributed by atoms with E-state index in [1.54, 1.807) is 0 Å². The highest BCUT2D eigenvalue weighted by Gasteiger charge is 2.19. The Balaban J connectivity index is 4.39. The summed E-state index contributed by atoms with van der Waals surface area (Å²) >= 11 is 0. The Morgan fingerprint density at radius 3 is 1.03 bits per heavy atom. The van der Waals surface area contributed by atoms with Crippen molar-refractivity contribution in [1.29, 1.82) is 0 Å². The van der Waals surface area contributed by atoms with Gasteiger partial charge in [0.1, 0.15) is 13.2 Å². The molecule has 0 aromatic heterocycles. The molecule has 0 aliphatic carbocycles. The van der Waals surface area contributed by atoms with Gasteiger partial charge < -0.3 is 14.2 Å². The smallest absolute Gasteiger partial charge is 0.306 e. The molecule has 0 saturated carbocycles. The molecule has 0 N–H and O–H groups in total. The van der Waals surface area contributed by atoms with Crippen LogP contribution in [-0.4, -0.2) is 37.2 Å². The molecule has 0 saturated heterocycles. The maximum Gasteiger partial charge on any atom is 0.306 e. The van der Waals surface area contributed by atoms with Crippen LogP contribution in [0.25, 0.3) is 0 Å². The van der Waals surface area contributed by atoms with Crippen molar-refractivity contribution in [3.63, 3.8) is 0 Å². The van der Waals surface area contributed by atoms with Gasteiger partial charge in [0.05, 0.1) is 0 Å². The van der Waals surface area contributed by atoms with E-state index in [0.717, 1.165) is 96.3 Å². The largest absolute Gasteiger partial charge is 0.462 e. The molecule has 354 valence electrons. The second-order valence-corrected chi connectivity index (χ2v) is 17.4. The maximum absolute atomic E-state index is 12.8. The summed E-state index contributed by atoms with van der Waals surface area (Å²) in [6, 6.07) is 0. The van der Waals surface area contributed by atoms with E-state index in [9.17, 15) is 14.4 Å². The molecule has 0 radical (unpaired) electrons. The SMILES string of the molecule is CC/C=C/C/C=C/C/C=C/CCCCCCCC(=O)OC[C@@H](COC(=O)CCCCCCCCCCCCCCC)OC(=O)CCCCCCCCC/C=C/CCCCCC. The maximum atomic E-state index is 12.8. The molecule has 0 aliphatic heterocycles. The highest BCUT2D eigenvalue weighted by molar-refractivity contribution is 5.71. The number of carbonyl (C=O) groups excluding carboxylic acids is 3. The lowest BCUT2D eigenvalue weighted by atomic mass is 10.0. The molecule has 0 bridgehead atoms. The van der Waals surface area contributed by atoms with Gasteiger partial charge in [-0.3, -0.25) is 14.4 Å². The van der Waals surface area contributed by atoms with Crippen molar-refractivity contribution in [2.24, 2.45) is 0 Å². The molecule has 0 aromatic carbocycles.